The van der Waals surface area contributed by atoms with E-state index < -0.39 is 65.8 Å². The Morgan fingerprint density at radius 3 is 1.24 bits per heavy atom. The second-order valence-corrected chi connectivity index (χ2v) is 13.4. The lowest BCUT2D eigenvalue weighted by molar-refractivity contribution is 0.196. The van der Waals surface area contributed by atoms with Gasteiger partial charge in [-0.3, -0.25) is 18.3 Å². The summed E-state index contributed by atoms with van der Waals surface area (Å²) in [6.07, 6.45) is -2.71. The first-order valence-corrected chi connectivity index (χ1v) is 12.5. The van der Waals surface area contributed by atoms with Crippen LogP contribution in [0.3, 0.4) is 0 Å². The molecule has 0 rings (SSSR count). The smallest absolute Gasteiger partial charge is 0.357 e. The van der Waals surface area contributed by atoms with Crippen molar-refractivity contribution in [2.24, 2.45) is 17.4 Å². The summed E-state index contributed by atoms with van der Waals surface area (Å²) < 4.78 is 46.0. The van der Waals surface area contributed by atoms with E-state index >= 15 is 0 Å². The van der Waals surface area contributed by atoms with E-state index in [1.54, 1.807) is 0 Å². The van der Waals surface area contributed by atoms with Crippen molar-refractivity contribution in [2.75, 3.05) is 6.61 Å². The highest BCUT2D eigenvalue weighted by molar-refractivity contribution is 7.73. The van der Waals surface area contributed by atoms with E-state index in [1.807, 2.05) is 0 Å². The van der Waals surface area contributed by atoms with Crippen LogP contribution in [0, 0.1) is 5.92 Å². The van der Waals surface area contributed by atoms with Gasteiger partial charge in [0.15, 0.2) is 0 Å². The van der Waals surface area contributed by atoms with E-state index in [0.29, 0.717) is 0 Å². The summed E-state index contributed by atoms with van der Waals surface area (Å²) in [5, 5.41) is 1.38. The lowest BCUT2D eigenvalue weighted by Crippen LogP contribution is -2.52. The van der Waals surface area contributed by atoms with Crippen molar-refractivity contribution < 1.29 is 62.5 Å². The zero-order chi connectivity index (χ0) is 20.7. The Bertz CT molecular complexity index is 626. The molecule has 0 spiro atoms. The van der Waals surface area contributed by atoms with Crippen LogP contribution in [0.25, 0.3) is 0 Å². The Labute approximate surface area is 140 Å². The van der Waals surface area contributed by atoms with E-state index in [1.165, 1.54) is 0 Å². The van der Waals surface area contributed by atoms with Gasteiger partial charge in [-0.25, -0.2) is 0 Å². The van der Waals surface area contributed by atoms with Gasteiger partial charge >= 0.3 is 30.4 Å². The number of hydrogen-bond donors (Lipinski definition) is 11. The lowest BCUT2D eigenvalue weighted by atomic mass is 10.0. The van der Waals surface area contributed by atoms with E-state index in [9.17, 15) is 37.8 Å². The third kappa shape index (κ3) is 4.85. The predicted molar refractivity (Wildman–Crippen MR) is 81.8 cm³/mol. The van der Waals surface area contributed by atoms with Crippen molar-refractivity contribution in [3.63, 3.8) is 0 Å². The molecule has 1 unspecified atom stereocenters. The zero-order valence-electron chi connectivity index (χ0n) is 12.3. The molecule has 0 fully saturated rings. The SMILES string of the molecule is NC(CC(CCO)C(N)(P(=O)(O)O)P(=O)(O)O)(P(=O)(O)O)P(=O)(O)O. The molecule has 0 heterocycles. The summed E-state index contributed by atoms with van der Waals surface area (Å²) in [6, 6.07) is 0. The first kappa shape index (κ1) is 25.5. The monoisotopic (exact) mass is 452 g/mol. The average Bonchev–Trinajstić information content (AvgIpc) is 2.31. The third-order valence-corrected chi connectivity index (χ3v) is 11.7. The highest BCUT2D eigenvalue weighted by Crippen LogP contribution is 2.74. The molecule has 0 aliphatic rings. The number of aliphatic hydroxyl groups is 1. The lowest BCUT2D eigenvalue weighted by Gasteiger charge is -2.41. The van der Waals surface area contributed by atoms with E-state index in [0.717, 1.165) is 0 Å². The Balaban J connectivity index is 6.59. The third-order valence-electron chi connectivity index (χ3n) is 3.57. The Morgan fingerprint density at radius 1 is 0.720 bits per heavy atom. The van der Waals surface area contributed by atoms with Gasteiger partial charge in [0.05, 0.1) is 0 Å². The molecule has 15 nitrogen and oxygen atoms in total. The van der Waals surface area contributed by atoms with Crippen LogP contribution >= 0.6 is 30.4 Å². The highest BCUT2D eigenvalue weighted by atomic mass is 31.2. The minimum absolute atomic E-state index is 0.994. The Hall–Kier alpha value is 0.480. The number of hydrogen-bond acceptors (Lipinski definition) is 7. The average molecular weight is 452 g/mol. The van der Waals surface area contributed by atoms with Gasteiger partial charge in [0.2, 0.25) is 10.0 Å². The minimum Gasteiger partial charge on any atom is -0.396 e. The molecule has 0 saturated carbocycles. The molecule has 0 aromatic heterocycles. The fourth-order valence-electron chi connectivity index (χ4n) is 2.04. The van der Waals surface area contributed by atoms with Crippen LogP contribution in [0.1, 0.15) is 12.8 Å². The van der Waals surface area contributed by atoms with Gasteiger partial charge in [-0.2, -0.15) is 0 Å². The van der Waals surface area contributed by atoms with E-state index in [4.69, 9.17) is 36.1 Å². The topological polar surface area (TPSA) is 302 Å². The summed E-state index contributed by atoms with van der Waals surface area (Å²) in [6.45, 7) is -1.05. The highest BCUT2D eigenvalue weighted by Gasteiger charge is 2.67. The van der Waals surface area contributed by atoms with Crippen LogP contribution in [0.5, 0.6) is 0 Å². The maximum absolute atomic E-state index is 11.6. The van der Waals surface area contributed by atoms with Gasteiger partial charge in [0, 0.05) is 12.5 Å². The molecule has 0 aromatic rings. The van der Waals surface area contributed by atoms with Gasteiger partial charge in [-0.15, -0.1) is 0 Å². The van der Waals surface area contributed by atoms with Crippen LogP contribution in [0.4, 0.5) is 0 Å². The first-order valence-electron chi connectivity index (χ1n) is 6.08. The number of aliphatic hydroxyl groups excluding tert-OH is 1. The van der Waals surface area contributed by atoms with E-state index in [2.05, 4.69) is 0 Å². The van der Waals surface area contributed by atoms with Gasteiger partial charge in [0.25, 0.3) is 0 Å². The van der Waals surface area contributed by atoms with Crippen molar-refractivity contribution in [1.82, 2.24) is 0 Å². The first-order chi connectivity index (χ1) is 10.7. The van der Waals surface area contributed by atoms with Gasteiger partial charge < -0.3 is 55.7 Å². The summed E-state index contributed by atoms with van der Waals surface area (Å²) in [5.74, 6) is -2.38. The quantitative estimate of drug-likeness (QED) is 0.159. The van der Waals surface area contributed by atoms with Crippen molar-refractivity contribution in [2.45, 2.75) is 22.9 Å². The van der Waals surface area contributed by atoms with Crippen LogP contribution in [-0.2, 0) is 18.3 Å². The molecule has 0 saturated heterocycles. The summed E-state index contributed by atoms with van der Waals surface area (Å²) in [5.41, 5.74) is 10.3. The summed E-state index contributed by atoms with van der Waals surface area (Å²) in [7, 11) is -23.7. The van der Waals surface area contributed by atoms with Crippen LogP contribution in [0.2, 0.25) is 0 Å². The number of rotatable bonds is 9. The maximum atomic E-state index is 11.6. The van der Waals surface area contributed by atoms with Crippen molar-refractivity contribution in [1.29, 1.82) is 0 Å². The second kappa shape index (κ2) is 7.48. The van der Waals surface area contributed by atoms with E-state index in [-0.39, 0.29) is 0 Å². The molecule has 0 aliphatic heterocycles. The Kier molecular flexibility index (Phi) is 7.62. The molecule has 0 aliphatic carbocycles. The van der Waals surface area contributed by atoms with Gasteiger partial charge in [0.1, 0.15) is 0 Å². The normalized spacial score (nSPS) is 16.8. The van der Waals surface area contributed by atoms with Crippen LogP contribution in [-0.4, -0.2) is 60.9 Å². The van der Waals surface area contributed by atoms with Crippen molar-refractivity contribution in [3.05, 3.63) is 0 Å². The number of nitrogens with two attached hydrogens (primary N) is 2. The standard InChI is InChI=1S/C6H20N2O13P4/c7-5(22(10,11)12,23(13,14)15)3-4(1-2-9)6(8,24(16,17)18)25(19,20)21/h4,9H,1-3,7-8H2,(H2,10,11,12)(H2,13,14,15)(H2,16,17,18)(H2,19,20,21). The fourth-order valence-corrected chi connectivity index (χ4v) is 7.06. The minimum atomic E-state index is -5.94. The molecule has 152 valence electrons. The molecule has 0 amide bonds. The zero-order valence-corrected chi connectivity index (χ0v) is 15.9. The molecular formula is C6H20N2O13P4. The molecule has 0 bridgehead atoms. The van der Waals surface area contributed by atoms with Crippen LogP contribution in [0.15, 0.2) is 0 Å². The van der Waals surface area contributed by atoms with Crippen molar-refractivity contribution >= 4 is 30.4 Å². The van der Waals surface area contributed by atoms with Crippen LogP contribution < -0.4 is 11.5 Å². The molecule has 1 atom stereocenters. The van der Waals surface area contributed by atoms with Crippen molar-refractivity contribution in [3.8, 4) is 0 Å². The Morgan fingerprint density at radius 2 is 1.04 bits per heavy atom. The van der Waals surface area contributed by atoms with Gasteiger partial charge in [-0.05, 0) is 12.8 Å². The largest absolute Gasteiger partial charge is 0.396 e. The molecule has 0 aromatic carbocycles. The molecule has 0 radical (unpaired) electrons. The molecule has 25 heavy (non-hydrogen) atoms. The second-order valence-electron chi connectivity index (χ2n) is 5.25. The molecule has 19 heteroatoms. The summed E-state index contributed by atoms with van der Waals surface area (Å²) >= 11 is 0. The predicted octanol–water partition coefficient (Wildman–Crippen LogP) is -2.69. The fraction of sp³-hybridized carbons (Fsp3) is 1.00. The molecule has 13 N–H and O–H groups in total. The summed E-state index contributed by atoms with van der Waals surface area (Å²) in [4.78, 5) is 73.7. The maximum Gasteiger partial charge on any atom is 0.357 e. The van der Waals surface area contributed by atoms with Gasteiger partial charge in [-0.1, -0.05) is 0 Å². The molecular weight excluding hydrogens is 432 g/mol.